The number of nitrogen functional groups attached to an aromatic ring is 1. The summed E-state index contributed by atoms with van der Waals surface area (Å²) in [5.41, 5.74) is 6.17. The van der Waals surface area contributed by atoms with Crippen molar-refractivity contribution < 1.29 is 17.9 Å². The first-order chi connectivity index (χ1) is 16.3. The summed E-state index contributed by atoms with van der Waals surface area (Å²) in [5, 5.41) is 4.07. The topological polar surface area (TPSA) is 92.4 Å². The molecule has 3 N–H and O–H groups in total. The van der Waals surface area contributed by atoms with Gasteiger partial charge in [-0.15, -0.1) is 0 Å². The standard InChI is InChI=1S/C23H26F3N7O/c1-14(15-9-16(23(24,25)26)11-17(27)10-15)29-21-18-12-20(32-5-7-34-8-6-32)28-13-19(18)30-22(31-21)33-3-2-4-33/h9-14H,2-8,27H2,1H3,(H,29,30,31). The number of halogens is 3. The molecule has 0 spiro atoms. The third kappa shape index (κ3) is 4.52. The molecular weight excluding hydrogens is 447 g/mol. The van der Waals surface area contributed by atoms with E-state index in [0.29, 0.717) is 36.1 Å². The summed E-state index contributed by atoms with van der Waals surface area (Å²) in [6.45, 7) is 6.23. The van der Waals surface area contributed by atoms with Crippen molar-refractivity contribution in [2.45, 2.75) is 25.6 Å². The van der Waals surface area contributed by atoms with Crippen LogP contribution in [0.5, 0.6) is 0 Å². The summed E-state index contributed by atoms with van der Waals surface area (Å²) in [6.07, 6.45) is -1.68. The van der Waals surface area contributed by atoms with Gasteiger partial charge in [0.1, 0.15) is 11.6 Å². The Bertz CT molecular complexity index is 1190. The minimum Gasteiger partial charge on any atom is -0.399 e. The number of nitrogens with two attached hydrogens (primary N) is 1. The van der Waals surface area contributed by atoms with Gasteiger partial charge in [0.05, 0.1) is 36.5 Å². The number of pyridine rings is 1. The molecule has 1 atom stereocenters. The Morgan fingerprint density at radius 1 is 1.03 bits per heavy atom. The third-order valence-electron chi connectivity index (χ3n) is 6.19. The molecule has 1 aromatic carbocycles. The molecule has 8 nitrogen and oxygen atoms in total. The first-order valence-electron chi connectivity index (χ1n) is 11.3. The normalized spacial score (nSPS) is 17.5. The second kappa shape index (κ2) is 8.79. The maximum Gasteiger partial charge on any atom is 0.416 e. The number of aromatic nitrogens is 3. The van der Waals surface area contributed by atoms with Crippen molar-refractivity contribution in [3.63, 3.8) is 0 Å². The Labute approximate surface area is 194 Å². The molecule has 5 rings (SSSR count). The Balaban J connectivity index is 1.53. The number of alkyl halides is 3. The molecule has 180 valence electrons. The van der Waals surface area contributed by atoms with E-state index in [0.717, 1.165) is 55.9 Å². The summed E-state index contributed by atoms with van der Waals surface area (Å²) in [6, 6.07) is 5.06. The van der Waals surface area contributed by atoms with Crippen LogP contribution in [0, 0.1) is 0 Å². The summed E-state index contributed by atoms with van der Waals surface area (Å²) in [4.78, 5) is 18.2. The van der Waals surface area contributed by atoms with Crippen LogP contribution in [-0.2, 0) is 10.9 Å². The SMILES string of the molecule is CC(Nc1nc(N2CCC2)nc2cnc(N3CCOCC3)cc12)c1cc(N)cc(C(F)(F)F)c1. The molecule has 0 amide bonds. The molecule has 2 aliphatic heterocycles. The number of benzene rings is 1. The Hall–Kier alpha value is -3.34. The predicted octanol–water partition coefficient (Wildman–Crippen LogP) is 3.85. The zero-order chi connectivity index (χ0) is 23.9. The summed E-state index contributed by atoms with van der Waals surface area (Å²) in [7, 11) is 0. The van der Waals surface area contributed by atoms with Gasteiger partial charge < -0.3 is 25.6 Å². The zero-order valence-electron chi connectivity index (χ0n) is 18.8. The van der Waals surface area contributed by atoms with Crippen molar-refractivity contribution in [1.82, 2.24) is 15.0 Å². The van der Waals surface area contributed by atoms with Gasteiger partial charge in [-0.2, -0.15) is 18.2 Å². The molecule has 4 heterocycles. The van der Waals surface area contributed by atoms with Crippen LogP contribution in [0.4, 0.5) is 36.4 Å². The molecule has 2 aromatic heterocycles. The Morgan fingerprint density at radius 3 is 2.47 bits per heavy atom. The number of rotatable bonds is 5. The minimum atomic E-state index is -4.48. The van der Waals surface area contributed by atoms with Crippen molar-refractivity contribution in [3.8, 4) is 0 Å². The van der Waals surface area contributed by atoms with Crippen LogP contribution >= 0.6 is 0 Å². The van der Waals surface area contributed by atoms with Gasteiger partial charge >= 0.3 is 6.18 Å². The number of morpholine rings is 1. The molecular formula is C23H26F3N7O. The quantitative estimate of drug-likeness (QED) is 0.540. The molecule has 2 saturated heterocycles. The largest absolute Gasteiger partial charge is 0.416 e. The molecule has 0 aliphatic carbocycles. The van der Waals surface area contributed by atoms with Crippen molar-refractivity contribution in [3.05, 3.63) is 41.6 Å². The van der Waals surface area contributed by atoms with Crippen molar-refractivity contribution in [2.75, 3.05) is 60.2 Å². The van der Waals surface area contributed by atoms with E-state index in [9.17, 15) is 13.2 Å². The van der Waals surface area contributed by atoms with E-state index in [-0.39, 0.29) is 5.69 Å². The zero-order valence-corrected chi connectivity index (χ0v) is 18.8. The average Bonchev–Trinajstić information content (AvgIpc) is 2.77. The number of anilines is 4. The number of ether oxygens (including phenoxy) is 1. The molecule has 2 aliphatic rings. The lowest BCUT2D eigenvalue weighted by atomic mass is 10.0. The second-order valence-electron chi connectivity index (χ2n) is 8.62. The Kier molecular flexibility index (Phi) is 5.80. The molecule has 0 radical (unpaired) electrons. The van der Waals surface area contributed by atoms with Gasteiger partial charge in [0.25, 0.3) is 0 Å². The summed E-state index contributed by atoms with van der Waals surface area (Å²) >= 11 is 0. The van der Waals surface area contributed by atoms with Crippen molar-refractivity contribution in [2.24, 2.45) is 0 Å². The smallest absolute Gasteiger partial charge is 0.399 e. The monoisotopic (exact) mass is 473 g/mol. The van der Waals surface area contributed by atoms with Crippen LogP contribution < -0.4 is 20.9 Å². The number of nitrogens with zero attached hydrogens (tertiary/aromatic N) is 5. The van der Waals surface area contributed by atoms with Gasteiger partial charge in [-0.3, -0.25) is 0 Å². The lowest BCUT2D eigenvalue weighted by molar-refractivity contribution is -0.137. The highest BCUT2D eigenvalue weighted by Gasteiger charge is 2.31. The van der Waals surface area contributed by atoms with Gasteiger partial charge in [-0.05, 0) is 43.2 Å². The molecule has 11 heteroatoms. The highest BCUT2D eigenvalue weighted by molar-refractivity contribution is 5.91. The molecule has 0 bridgehead atoms. The van der Waals surface area contributed by atoms with Gasteiger partial charge in [-0.25, -0.2) is 9.97 Å². The van der Waals surface area contributed by atoms with Gasteiger partial charge in [0.15, 0.2) is 0 Å². The number of nitrogens with one attached hydrogen (secondary N) is 1. The lowest BCUT2D eigenvalue weighted by Gasteiger charge is -2.32. The maximum atomic E-state index is 13.3. The van der Waals surface area contributed by atoms with Crippen LogP contribution in [-0.4, -0.2) is 54.3 Å². The van der Waals surface area contributed by atoms with Crippen LogP contribution in [0.2, 0.25) is 0 Å². The van der Waals surface area contributed by atoms with Gasteiger partial charge in [0.2, 0.25) is 5.95 Å². The van der Waals surface area contributed by atoms with Gasteiger partial charge in [-0.1, -0.05) is 0 Å². The number of hydrogen-bond acceptors (Lipinski definition) is 8. The summed E-state index contributed by atoms with van der Waals surface area (Å²) in [5.74, 6) is 1.92. The van der Waals surface area contributed by atoms with Crippen LogP contribution in [0.25, 0.3) is 10.9 Å². The van der Waals surface area contributed by atoms with E-state index in [1.54, 1.807) is 19.2 Å². The fraction of sp³-hybridized carbons (Fsp3) is 0.435. The fourth-order valence-corrected chi connectivity index (χ4v) is 4.12. The first-order valence-corrected chi connectivity index (χ1v) is 11.3. The fourth-order valence-electron chi connectivity index (χ4n) is 4.12. The van der Waals surface area contributed by atoms with E-state index in [1.165, 1.54) is 0 Å². The van der Waals surface area contributed by atoms with E-state index in [1.807, 2.05) is 6.07 Å². The second-order valence-corrected chi connectivity index (χ2v) is 8.62. The van der Waals surface area contributed by atoms with E-state index < -0.39 is 17.8 Å². The summed E-state index contributed by atoms with van der Waals surface area (Å²) < 4.78 is 45.4. The van der Waals surface area contributed by atoms with Gasteiger partial charge in [0, 0.05) is 37.3 Å². The van der Waals surface area contributed by atoms with Crippen molar-refractivity contribution in [1.29, 1.82) is 0 Å². The maximum absolute atomic E-state index is 13.3. The van der Waals surface area contributed by atoms with Crippen LogP contribution in [0.1, 0.15) is 30.5 Å². The third-order valence-corrected chi connectivity index (χ3v) is 6.19. The minimum absolute atomic E-state index is 0.0612. The van der Waals surface area contributed by atoms with Crippen LogP contribution in [0.3, 0.4) is 0 Å². The molecule has 1 unspecified atom stereocenters. The molecule has 0 saturated carbocycles. The number of fused-ring (bicyclic) bond motifs is 1. The van der Waals surface area contributed by atoms with Crippen LogP contribution in [0.15, 0.2) is 30.5 Å². The number of hydrogen-bond donors (Lipinski definition) is 2. The molecule has 34 heavy (non-hydrogen) atoms. The highest BCUT2D eigenvalue weighted by atomic mass is 19.4. The Morgan fingerprint density at radius 2 is 1.79 bits per heavy atom. The lowest BCUT2D eigenvalue weighted by Crippen LogP contribution is -2.38. The van der Waals surface area contributed by atoms with E-state index >= 15 is 0 Å². The highest BCUT2D eigenvalue weighted by Crippen LogP contribution is 2.35. The van der Waals surface area contributed by atoms with E-state index in [2.05, 4.69) is 25.1 Å². The predicted molar refractivity (Wildman–Crippen MR) is 125 cm³/mol. The van der Waals surface area contributed by atoms with Crippen molar-refractivity contribution >= 4 is 34.2 Å². The first kappa shape index (κ1) is 22.5. The average molecular weight is 474 g/mol. The van der Waals surface area contributed by atoms with E-state index in [4.69, 9.17) is 15.5 Å². The molecule has 3 aromatic rings. The molecule has 2 fully saturated rings.